The summed E-state index contributed by atoms with van der Waals surface area (Å²) in [6.45, 7) is 4.17. The van der Waals surface area contributed by atoms with Crippen molar-refractivity contribution in [2.24, 2.45) is 0 Å². The zero-order chi connectivity index (χ0) is 20.5. The van der Waals surface area contributed by atoms with Gasteiger partial charge in [-0.3, -0.25) is 4.57 Å². The molecule has 0 radical (unpaired) electrons. The second kappa shape index (κ2) is 7.48. The lowest BCUT2D eigenvalue weighted by Gasteiger charge is -2.16. The van der Waals surface area contributed by atoms with E-state index in [1.165, 1.54) is 11.1 Å². The predicted octanol–water partition coefficient (Wildman–Crippen LogP) is 5.56. The van der Waals surface area contributed by atoms with Crippen molar-refractivity contribution in [3.63, 3.8) is 0 Å². The molecule has 148 valence electrons. The van der Waals surface area contributed by atoms with E-state index in [1.807, 2.05) is 41.0 Å². The van der Waals surface area contributed by atoms with Gasteiger partial charge in [-0.2, -0.15) is 4.98 Å². The Hall–Kier alpha value is -3.93. The van der Waals surface area contributed by atoms with Crippen LogP contribution in [0.4, 0.5) is 5.95 Å². The van der Waals surface area contributed by atoms with Crippen molar-refractivity contribution in [2.45, 2.75) is 19.9 Å². The van der Waals surface area contributed by atoms with Gasteiger partial charge in [0.05, 0.1) is 35.3 Å². The summed E-state index contributed by atoms with van der Waals surface area (Å²) in [6.07, 6.45) is 5.13. The molecule has 0 saturated heterocycles. The molecule has 3 heterocycles. The van der Waals surface area contributed by atoms with Gasteiger partial charge in [-0.05, 0) is 43.2 Å². The number of fused-ring (bicyclic) bond motifs is 1. The first-order chi connectivity index (χ1) is 14.7. The molecule has 2 aromatic carbocycles. The van der Waals surface area contributed by atoms with Crippen LogP contribution in [0.3, 0.4) is 0 Å². The summed E-state index contributed by atoms with van der Waals surface area (Å²) in [6, 6.07) is 20.3. The zero-order valence-corrected chi connectivity index (χ0v) is 16.8. The van der Waals surface area contributed by atoms with Gasteiger partial charge in [0.1, 0.15) is 12.1 Å². The molecule has 0 spiro atoms. The molecule has 0 amide bonds. The number of nitrogens with zero attached hydrogens (tertiary/aromatic N) is 4. The van der Waals surface area contributed by atoms with Crippen molar-refractivity contribution >= 4 is 17.0 Å². The number of hydrogen-bond donors (Lipinski definition) is 1. The van der Waals surface area contributed by atoms with Gasteiger partial charge in [0, 0.05) is 11.6 Å². The van der Waals surface area contributed by atoms with E-state index >= 15 is 0 Å². The molecule has 1 N–H and O–H groups in total. The first-order valence-electron chi connectivity index (χ1n) is 9.84. The van der Waals surface area contributed by atoms with Crippen LogP contribution in [0.2, 0.25) is 0 Å². The summed E-state index contributed by atoms with van der Waals surface area (Å²) in [4.78, 5) is 14.1. The van der Waals surface area contributed by atoms with E-state index in [9.17, 15) is 0 Å². The fraction of sp³-hybridized carbons (Fsp3) is 0.125. The maximum absolute atomic E-state index is 5.28. The number of imidazole rings is 1. The van der Waals surface area contributed by atoms with Crippen LogP contribution >= 0.6 is 0 Å². The average Bonchev–Trinajstić information content (AvgIpc) is 3.44. The lowest BCUT2D eigenvalue weighted by Crippen LogP contribution is -2.11. The Kier molecular flexibility index (Phi) is 4.52. The van der Waals surface area contributed by atoms with E-state index in [4.69, 9.17) is 14.4 Å². The number of benzene rings is 2. The van der Waals surface area contributed by atoms with Gasteiger partial charge in [0.25, 0.3) is 0 Å². The van der Waals surface area contributed by atoms with Gasteiger partial charge in [-0.1, -0.05) is 36.4 Å². The number of anilines is 1. The van der Waals surface area contributed by atoms with E-state index in [0.29, 0.717) is 5.95 Å². The van der Waals surface area contributed by atoms with Gasteiger partial charge < -0.3 is 9.73 Å². The molecular formula is C24H21N5O. The van der Waals surface area contributed by atoms with Crippen molar-refractivity contribution < 1.29 is 4.42 Å². The number of hydrogen-bond acceptors (Lipinski definition) is 5. The minimum Gasteiger partial charge on any atom is -0.472 e. The number of aryl methyl sites for hydroxylation is 1. The number of rotatable bonds is 5. The average molecular weight is 395 g/mol. The van der Waals surface area contributed by atoms with Crippen LogP contribution in [-0.4, -0.2) is 19.5 Å². The number of nitrogens with one attached hydrogen (secondary N) is 1. The standard InChI is InChI=1S/C24H21N5O/c1-16-8-9-20-22(12-16)29(15-25-20)23-13-21(19-10-11-30-14-19)27-24(28-23)26-17(2)18-6-4-3-5-7-18/h3-15,17H,1-2H3,(H,26,27,28). The Morgan fingerprint density at radius 1 is 1.00 bits per heavy atom. The normalized spacial score (nSPS) is 12.2. The molecule has 1 unspecified atom stereocenters. The number of aromatic nitrogens is 4. The van der Waals surface area contributed by atoms with Crippen molar-refractivity contribution in [3.8, 4) is 17.1 Å². The second-order valence-corrected chi connectivity index (χ2v) is 7.33. The molecule has 3 aromatic heterocycles. The zero-order valence-electron chi connectivity index (χ0n) is 16.8. The monoisotopic (exact) mass is 395 g/mol. The summed E-state index contributed by atoms with van der Waals surface area (Å²) in [5.41, 5.74) is 5.95. The second-order valence-electron chi connectivity index (χ2n) is 7.33. The summed E-state index contributed by atoms with van der Waals surface area (Å²) in [5.74, 6) is 1.30. The molecule has 0 aliphatic rings. The molecule has 1 atom stereocenters. The summed E-state index contributed by atoms with van der Waals surface area (Å²) in [7, 11) is 0. The van der Waals surface area contributed by atoms with Crippen LogP contribution < -0.4 is 5.32 Å². The van der Waals surface area contributed by atoms with Gasteiger partial charge in [0.2, 0.25) is 5.95 Å². The third-order valence-electron chi connectivity index (χ3n) is 5.12. The molecule has 6 heteroatoms. The molecule has 0 saturated carbocycles. The predicted molar refractivity (Wildman–Crippen MR) is 118 cm³/mol. The first kappa shape index (κ1) is 18.1. The SMILES string of the molecule is Cc1ccc2ncn(-c3cc(-c4ccoc4)nc(NC(C)c4ccccc4)n3)c2c1. The Labute approximate surface area is 174 Å². The fourth-order valence-electron chi connectivity index (χ4n) is 3.50. The van der Waals surface area contributed by atoms with Gasteiger partial charge in [-0.15, -0.1) is 0 Å². The van der Waals surface area contributed by atoms with Gasteiger partial charge in [-0.25, -0.2) is 9.97 Å². The van der Waals surface area contributed by atoms with E-state index in [-0.39, 0.29) is 6.04 Å². The van der Waals surface area contributed by atoms with Crippen LogP contribution in [0, 0.1) is 6.92 Å². The van der Waals surface area contributed by atoms with Crippen molar-refractivity contribution in [1.29, 1.82) is 0 Å². The molecule has 5 aromatic rings. The van der Waals surface area contributed by atoms with Crippen LogP contribution in [-0.2, 0) is 0 Å². The van der Waals surface area contributed by atoms with E-state index in [0.717, 1.165) is 28.1 Å². The minimum atomic E-state index is 0.0559. The molecule has 0 aliphatic heterocycles. The molecule has 30 heavy (non-hydrogen) atoms. The van der Waals surface area contributed by atoms with Crippen LogP contribution in [0.15, 0.2) is 83.9 Å². The van der Waals surface area contributed by atoms with E-state index in [2.05, 4.69) is 48.4 Å². The number of furan rings is 1. The topological polar surface area (TPSA) is 68.8 Å². The van der Waals surface area contributed by atoms with Crippen LogP contribution in [0.5, 0.6) is 0 Å². The van der Waals surface area contributed by atoms with Crippen molar-refractivity contribution in [1.82, 2.24) is 19.5 Å². The highest BCUT2D eigenvalue weighted by Crippen LogP contribution is 2.26. The summed E-state index contributed by atoms with van der Waals surface area (Å²) < 4.78 is 7.27. The Morgan fingerprint density at radius 2 is 1.87 bits per heavy atom. The molecule has 0 aliphatic carbocycles. The molecule has 0 fully saturated rings. The largest absolute Gasteiger partial charge is 0.472 e. The molecule has 0 bridgehead atoms. The fourth-order valence-corrected chi connectivity index (χ4v) is 3.50. The van der Waals surface area contributed by atoms with Crippen LogP contribution in [0.25, 0.3) is 28.1 Å². The van der Waals surface area contributed by atoms with Gasteiger partial charge in [0.15, 0.2) is 0 Å². The van der Waals surface area contributed by atoms with E-state index < -0.39 is 0 Å². The highest BCUT2D eigenvalue weighted by atomic mass is 16.3. The maximum Gasteiger partial charge on any atom is 0.225 e. The Bertz CT molecular complexity index is 1290. The highest BCUT2D eigenvalue weighted by molar-refractivity contribution is 5.78. The lowest BCUT2D eigenvalue weighted by atomic mass is 10.1. The Morgan fingerprint density at radius 3 is 2.67 bits per heavy atom. The molecular weight excluding hydrogens is 374 g/mol. The molecule has 5 rings (SSSR count). The third kappa shape index (κ3) is 3.43. The summed E-state index contributed by atoms with van der Waals surface area (Å²) >= 11 is 0. The van der Waals surface area contributed by atoms with E-state index in [1.54, 1.807) is 18.9 Å². The quantitative estimate of drug-likeness (QED) is 0.422. The minimum absolute atomic E-state index is 0.0559. The van der Waals surface area contributed by atoms with Crippen molar-refractivity contribution in [3.05, 3.63) is 90.6 Å². The van der Waals surface area contributed by atoms with Gasteiger partial charge >= 0.3 is 0 Å². The van der Waals surface area contributed by atoms with Crippen LogP contribution in [0.1, 0.15) is 24.1 Å². The van der Waals surface area contributed by atoms with Crippen molar-refractivity contribution in [2.75, 3.05) is 5.32 Å². The maximum atomic E-state index is 5.28. The third-order valence-corrected chi connectivity index (χ3v) is 5.12. The summed E-state index contributed by atoms with van der Waals surface area (Å²) in [5, 5.41) is 3.44. The smallest absolute Gasteiger partial charge is 0.225 e. The first-order valence-corrected chi connectivity index (χ1v) is 9.84. The lowest BCUT2D eigenvalue weighted by molar-refractivity contribution is 0.568. The molecule has 6 nitrogen and oxygen atoms in total. The Balaban J connectivity index is 1.61. The highest BCUT2D eigenvalue weighted by Gasteiger charge is 2.14.